The van der Waals surface area contributed by atoms with Gasteiger partial charge in [0.15, 0.2) is 5.16 Å². The minimum absolute atomic E-state index is 0.0198. The molecule has 1 aliphatic rings. The molecule has 1 heterocycles. The van der Waals surface area contributed by atoms with Gasteiger partial charge < -0.3 is 15.6 Å². The van der Waals surface area contributed by atoms with Gasteiger partial charge in [0.05, 0.1) is 5.75 Å². The number of hydrogen-bond donors (Lipinski definition) is 2. The van der Waals surface area contributed by atoms with Gasteiger partial charge in [-0.3, -0.25) is 9.59 Å². The van der Waals surface area contributed by atoms with E-state index < -0.39 is 0 Å². The number of nitrogens with two attached hydrogens (primary N) is 1. The fourth-order valence-electron chi connectivity index (χ4n) is 2.07. The lowest BCUT2D eigenvalue weighted by molar-refractivity contribution is -0.119. The molecule has 0 aromatic carbocycles. The van der Waals surface area contributed by atoms with E-state index in [1.165, 1.54) is 11.8 Å². The Kier molecular flexibility index (Phi) is 6.04. The number of primary amides is 1. The second-order valence-electron chi connectivity index (χ2n) is 6.37. The Morgan fingerprint density at radius 3 is 2.61 bits per heavy atom. The van der Waals surface area contributed by atoms with Gasteiger partial charge in [-0.1, -0.05) is 25.6 Å². The van der Waals surface area contributed by atoms with E-state index >= 15 is 0 Å². The summed E-state index contributed by atoms with van der Waals surface area (Å²) in [5.41, 5.74) is 5.24. The maximum absolute atomic E-state index is 12.0. The first-order valence-corrected chi connectivity index (χ1v) is 9.00. The maximum Gasteiger partial charge on any atom is 0.230 e. The van der Waals surface area contributed by atoms with Crippen LogP contribution in [-0.4, -0.2) is 38.4 Å². The summed E-state index contributed by atoms with van der Waals surface area (Å²) in [6.45, 7) is 6.61. The van der Waals surface area contributed by atoms with Crippen LogP contribution >= 0.6 is 11.8 Å². The van der Waals surface area contributed by atoms with Crippen molar-refractivity contribution < 1.29 is 9.59 Å². The molecule has 3 N–H and O–H groups in total. The van der Waals surface area contributed by atoms with Crippen molar-refractivity contribution in [3.8, 4) is 0 Å². The lowest BCUT2D eigenvalue weighted by Gasteiger charge is -2.17. The van der Waals surface area contributed by atoms with Crippen LogP contribution in [0.3, 0.4) is 0 Å². The fourth-order valence-corrected chi connectivity index (χ4v) is 2.86. The second kappa shape index (κ2) is 7.81. The van der Waals surface area contributed by atoms with Crippen LogP contribution in [-0.2, 0) is 16.1 Å². The van der Waals surface area contributed by atoms with Crippen molar-refractivity contribution in [3.05, 3.63) is 5.82 Å². The summed E-state index contributed by atoms with van der Waals surface area (Å²) in [5.74, 6) is 1.65. The summed E-state index contributed by atoms with van der Waals surface area (Å²) in [6.07, 6.45) is 2.46. The Balaban J connectivity index is 1.96. The van der Waals surface area contributed by atoms with E-state index in [0.29, 0.717) is 23.5 Å². The van der Waals surface area contributed by atoms with Gasteiger partial charge in [-0.25, -0.2) is 0 Å². The molecule has 0 bridgehead atoms. The highest BCUT2D eigenvalue weighted by Gasteiger charge is 2.30. The fraction of sp³-hybridized carbons (Fsp3) is 0.733. The molecule has 8 heteroatoms. The standard InChI is InChI=1S/C15H25N5O2S/c1-9(2)10(3)17-13(22)8-23-15-19-18-14(11-4-5-11)20(15)7-6-12(16)21/h9-11H,4-8H2,1-3H3,(H2,16,21)(H,17,22)/t10-/m1/s1. The summed E-state index contributed by atoms with van der Waals surface area (Å²) in [6, 6.07) is 0.137. The normalized spacial score (nSPS) is 15.7. The van der Waals surface area contributed by atoms with Gasteiger partial charge in [0, 0.05) is 24.9 Å². The van der Waals surface area contributed by atoms with Gasteiger partial charge in [0.2, 0.25) is 11.8 Å². The maximum atomic E-state index is 12.0. The van der Waals surface area contributed by atoms with Crippen molar-refractivity contribution in [1.29, 1.82) is 0 Å². The van der Waals surface area contributed by atoms with Gasteiger partial charge in [-0.15, -0.1) is 10.2 Å². The summed E-state index contributed by atoms with van der Waals surface area (Å²) < 4.78 is 1.94. The van der Waals surface area contributed by atoms with Crippen molar-refractivity contribution in [2.75, 3.05) is 5.75 Å². The van der Waals surface area contributed by atoms with Crippen molar-refractivity contribution in [3.63, 3.8) is 0 Å². The number of hydrogen-bond acceptors (Lipinski definition) is 5. The third-order valence-corrected chi connectivity index (χ3v) is 4.96. The Morgan fingerprint density at radius 2 is 2.04 bits per heavy atom. The molecule has 0 unspecified atom stereocenters. The smallest absolute Gasteiger partial charge is 0.230 e. The molecule has 2 amide bonds. The van der Waals surface area contributed by atoms with Gasteiger partial charge in [-0.05, 0) is 25.7 Å². The molecule has 2 rings (SSSR count). The zero-order valence-electron chi connectivity index (χ0n) is 13.9. The second-order valence-corrected chi connectivity index (χ2v) is 7.31. The van der Waals surface area contributed by atoms with Crippen molar-refractivity contribution in [2.45, 2.75) is 63.7 Å². The third-order valence-electron chi connectivity index (χ3n) is 3.99. The molecule has 1 fully saturated rings. The van der Waals surface area contributed by atoms with Crippen molar-refractivity contribution in [1.82, 2.24) is 20.1 Å². The number of carbonyl (C=O) groups excluding carboxylic acids is 2. The molecule has 0 radical (unpaired) electrons. The summed E-state index contributed by atoms with van der Waals surface area (Å²) in [7, 11) is 0. The van der Waals surface area contributed by atoms with Crippen LogP contribution in [0.25, 0.3) is 0 Å². The van der Waals surface area contributed by atoms with Crippen LogP contribution < -0.4 is 11.1 Å². The van der Waals surface area contributed by atoms with E-state index in [1.54, 1.807) is 0 Å². The SMILES string of the molecule is CC(C)[C@@H](C)NC(=O)CSc1nnc(C2CC2)n1CCC(N)=O. The highest BCUT2D eigenvalue weighted by atomic mass is 32.2. The first-order valence-electron chi connectivity index (χ1n) is 8.02. The molecular weight excluding hydrogens is 314 g/mol. The molecule has 1 aromatic rings. The Labute approximate surface area is 140 Å². The van der Waals surface area contributed by atoms with Gasteiger partial charge in [0.1, 0.15) is 5.82 Å². The predicted octanol–water partition coefficient (Wildman–Crippen LogP) is 1.28. The van der Waals surface area contributed by atoms with E-state index in [2.05, 4.69) is 29.4 Å². The summed E-state index contributed by atoms with van der Waals surface area (Å²) in [4.78, 5) is 23.0. The highest BCUT2D eigenvalue weighted by Crippen LogP contribution is 2.40. The van der Waals surface area contributed by atoms with E-state index in [1.807, 2.05) is 11.5 Å². The van der Waals surface area contributed by atoms with Crippen LogP contribution in [0.15, 0.2) is 5.16 Å². The molecular formula is C15H25N5O2S. The van der Waals surface area contributed by atoms with Crippen LogP contribution in [0.1, 0.15) is 51.8 Å². The van der Waals surface area contributed by atoms with E-state index in [-0.39, 0.29) is 30.0 Å². The predicted molar refractivity (Wildman–Crippen MR) is 89.0 cm³/mol. The Morgan fingerprint density at radius 1 is 1.35 bits per heavy atom. The summed E-state index contributed by atoms with van der Waals surface area (Å²) >= 11 is 1.35. The average Bonchev–Trinajstić information content (AvgIpc) is 3.23. The number of rotatable bonds is 9. The number of amides is 2. The molecule has 1 aliphatic carbocycles. The molecule has 23 heavy (non-hydrogen) atoms. The molecule has 1 aromatic heterocycles. The molecule has 1 atom stereocenters. The number of aromatic nitrogens is 3. The zero-order valence-corrected chi connectivity index (χ0v) is 14.7. The highest BCUT2D eigenvalue weighted by molar-refractivity contribution is 7.99. The van der Waals surface area contributed by atoms with Gasteiger partial charge in [-0.2, -0.15) is 0 Å². The number of thioether (sulfide) groups is 1. The topological polar surface area (TPSA) is 103 Å². The molecule has 128 valence electrons. The molecule has 0 spiro atoms. The molecule has 7 nitrogen and oxygen atoms in total. The molecule has 0 saturated heterocycles. The Bertz CT molecular complexity index is 568. The van der Waals surface area contributed by atoms with Crippen molar-refractivity contribution in [2.24, 2.45) is 11.7 Å². The largest absolute Gasteiger partial charge is 0.370 e. The minimum atomic E-state index is -0.347. The van der Waals surface area contributed by atoms with Crippen LogP contribution in [0.2, 0.25) is 0 Å². The van der Waals surface area contributed by atoms with Crippen LogP contribution in [0, 0.1) is 5.92 Å². The molecule has 1 saturated carbocycles. The van der Waals surface area contributed by atoms with E-state index in [0.717, 1.165) is 18.7 Å². The zero-order chi connectivity index (χ0) is 17.0. The average molecular weight is 339 g/mol. The number of nitrogens with one attached hydrogen (secondary N) is 1. The third kappa shape index (κ3) is 5.23. The summed E-state index contributed by atoms with van der Waals surface area (Å²) in [5, 5.41) is 12.1. The van der Waals surface area contributed by atoms with Crippen LogP contribution in [0.5, 0.6) is 0 Å². The van der Waals surface area contributed by atoms with Gasteiger partial charge in [0.25, 0.3) is 0 Å². The van der Waals surface area contributed by atoms with E-state index in [9.17, 15) is 9.59 Å². The number of nitrogens with zero attached hydrogens (tertiary/aromatic N) is 3. The molecule has 0 aliphatic heterocycles. The Hall–Kier alpha value is -1.57. The van der Waals surface area contributed by atoms with E-state index in [4.69, 9.17) is 5.73 Å². The lowest BCUT2D eigenvalue weighted by atomic mass is 10.1. The monoisotopic (exact) mass is 339 g/mol. The quantitative estimate of drug-likeness (QED) is 0.660. The number of carbonyl (C=O) groups is 2. The first kappa shape index (κ1) is 17.8. The first-order chi connectivity index (χ1) is 10.9. The minimum Gasteiger partial charge on any atom is -0.370 e. The van der Waals surface area contributed by atoms with Crippen molar-refractivity contribution >= 4 is 23.6 Å². The van der Waals surface area contributed by atoms with Gasteiger partial charge >= 0.3 is 0 Å². The lowest BCUT2D eigenvalue weighted by Crippen LogP contribution is -2.37. The van der Waals surface area contributed by atoms with Crippen LogP contribution in [0.4, 0.5) is 0 Å².